The Balaban J connectivity index is 2.31. The third-order valence-corrected chi connectivity index (χ3v) is 3.97. The molecule has 1 unspecified atom stereocenters. The predicted octanol–water partition coefficient (Wildman–Crippen LogP) is 3.27. The molecule has 1 fully saturated rings. The lowest BCUT2D eigenvalue weighted by Gasteiger charge is -2.25. The van der Waals surface area contributed by atoms with E-state index < -0.39 is 0 Å². The minimum absolute atomic E-state index is 0.388. The molecule has 0 aromatic carbocycles. The van der Waals surface area contributed by atoms with Crippen molar-refractivity contribution in [3.8, 4) is 0 Å². The molecule has 0 aliphatic carbocycles. The van der Waals surface area contributed by atoms with Crippen LogP contribution in [0.2, 0.25) is 0 Å². The topological polar surface area (TPSA) is 29.0 Å². The maximum atomic E-state index is 4.71. The van der Waals surface area contributed by atoms with Crippen molar-refractivity contribution in [3.63, 3.8) is 0 Å². The lowest BCUT2D eigenvalue weighted by molar-refractivity contribution is 0.717. The molecule has 0 N–H and O–H groups in total. The number of aryl methyl sites for hydroxylation is 1. The summed E-state index contributed by atoms with van der Waals surface area (Å²) < 4.78 is 0. The van der Waals surface area contributed by atoms with Crippen LogP contribution >= 0.6 is 15.9 Å². The van der Waals surface area contributed by atoms with Crippen LogP contribution in [-0.2, 0) is 0 Å². The minimum atomic E-state index is 0.388. The van der Waals surface area contributed by atoms with Gasteiger partial charge in [-0.1, -0.05) is 29.8 Å². The van der Waals surface area contributed by atoms with Crippen LogP contribution in [0.1, 0.15) is 44.1 Å². The van der Waals surface area contributed by atoms with Gasteiger partial charge in [0, 0.05) is 35.6 Å². The Bertz CT molecular complexity index is 392. The molecule has 0 bridgehead atoms. The zero-order chi connectivity index (χ0) is 12.4. The van der Waals surface area contributed by atoms with Gasteiger partial charge in [-0.3, -0.25) is 0 Å². The van der Waals surface area contributed by atoms with Gasteiger partial charge < -0.3 is 4.90 Å². The summed E-state index contributed by atoms with van der Waals surface area (Å²) >= 11 is 3.59. The SMILES string of the molecule is Cc1cc(N2CCCC2CBr)nc(C(C)C)n1. The predicted molar refractivity (Wildman–Crippen MR) is 75.0 cm³/mol. The van der Waals surface area contributed by atoms with Crippen molar-refractivity contribution < 1.29 is 0 Å². The van der Waals surface area contributed by atoms with E-state index in [9.17, 15) is 0 Å². The Morgan fingerprint density at radius 2 is 2.24 bits per heavy atom. The van der Waals surface area contributed by atoms with E-state index in [1.807, 2.05) is 0 Å². The summed E-state index contributed by atoms with van der Waals surface area (Å²) in [6, 6.07) is 2.69. The third kappa shape index (κ3) is 2.79. The number of anilines is 1. The van der Waals surface area contributed by atoms with Crippen LogP contribution in [-0.4, -0.2) is 27.9 Å². The largest absolute Gasteiger partial charge is 0.353 e. The van der Waals surface area contributed by atoms with Crippen molar-refractivity contribution in [1.82, 2.24) is 9.97 Å². The van der Waals surface area contributed by atoms with Gasteiger partial charge in [0.15, 0.2) is 0 Å². The van der Waals surface area contributed by atoms with E-state index in [4.69, 9.17) is 4.98 Å². The minimum Gasteiger partial charge on any atom is -0.353 e. The van der Waals surface area contributed by atoms with Gasteiger partial charge in [0.25, 0.3) is 0 Å². The Labute approximate surface area is 112 Å². The van der Waals surface area contributed by atoms with Gasteiger partial charge in [-0.15, -0.1) is 0 Å². The summed E-state index contributed by atoms with van der Waals surface area (Å²) in [4.78, 5) is 11.6. The molecular formula is C13H20BrN3. The molecular weight excluding hydrogens is 278 g/mol. The number of alkyl halides is 1. The van der Waals surface area contributed by atoms with Gasteiger partial charge in [-0.05, 0) is 19.8 Å². The van der Waals surface area contributed by atoms with Crippen LogP contribution in [0.5, 0.6) is 0 Å². The Hall–Kier alpha value is -0.640. The molecule has 0 amide bonds. The highest BCUT2D eigenvalue weighted by Gasteiger charge is 2.25. The first-order valence-electron chi connectivity index (χ1n) is 6.30. The Morgan fingerprint density at radius 3 is 2.88 bits per heavy atom. The van der Waals surface area contributed by atoms with E-state index in [0.29, 0.717) is 12.0 Å². The maximum absolute atomic E-state index is 4.71. The fraction of sp³-hybridized carbons (Fsp3) is 0.692. The standard InChI is InChI=1S/C13H20BrN3/c1-9(2)13-15-10(3)7-12(16-13)17-6-4-5-11(17)8-14/h7,9,11H,4-6,8H2,1-3H3. The van der Waals surface area contributed by atoms with E-state index in [-0.39, 0.29) is 0 Å². The van der Waals surface area contributed by atoms with Crippen LogP contribution in [0.15, 0.2) is 6.07 Å². The molecule has 94 valence electrons. The molecule has 1 aliphatic heterocycles. The maximum Gasteiger partial charge on any atom is 0.133 e. The first kappa shape index (κ1) is 12.8. The molecule has 0 saturated carbocycles. The molecule has 1 atom stereocenters. The molecule has 1 saturated heterocycles. The normalized spacial score (nSPS) is 20.3. The van der Waals surface area contributed by atoms with Crippen molar-refractivity contribution in [2.75, 3.05) is 16.8 Å². The van der Waals surface area contributed by atoms with E-state index >= 15 is 0 Å². The molecule has 3 nitrogen and oxygen atoms in total. The second kappa shape index (κ2) is 5.34. The van der Waals surface area contributed by atoms with Gasteiger partial charge in [-0.2, -0.15) is 0 Å². The fourth-order valence-corrected chi connectivity index (χ4v) is 2.95. The van der Waals surface area contributed by atoms with Crippen molar-refractivity contribution in [1.29, 1.82) is 0 Å². The van der Waals surface area contributed by atoms with Crippen LogP contribution in [0.3, 0.4) is 0 Å². The molecule has 2 rings (SSSR count). The first-order valence-corrected chi connectivity index (χ1v) is 7.42. The van der Waals surface area contributed by atoms with Crippen LogP contribution in [0.25, 0.3) is 0 Å². The lowest BCUT2D eigenvalue weighted by Crippen LogP contribution is -2.31. The molecule has 0 spiro atoms. The van der Waals surface area contributed by atoms with Gasteiger partial charge in [-0.25, -0.2) is 9.97 Å². The second-order valence-corrected chi connectivity index (χ2v) is 5.67. The molecule has 2 heterocycles. The van der Waals surface area contributed by atoms with E-state index in [1.165, 1.54) is 12.8 Å². The number of halogens is 1. The van der Waals surface area contributed by atoms with Gasteiger partial charge in [0.1, 0.15) is 11.6 Å². The molecule has 1 aromatic heterocycles. The average Bonchev–Trinajstić information content (AvgIpc) is 2.76. The Morgan fingerprint density at radius 1 is 1.47 bits per heavy atom. The number of rotatable bonds is 3. The monoisotopic (exact) mass is 297 g/mol. The number of hydrogen-bond acceptors (Lipinski definition) is 3. The summed E-state index contributed by atoms with van der Waals surface area (Å²) in [6.07, 6.45) is 2.52. The zero-order valence-corrected chi connectivity index (χ0v) is 12.4. The molecule has 4 heteroatoms. The van der Waals surface area contributed by atoms with E-state index in [1.54, 1.807) is 0 Å². The summed E-state index contributed by atoms with van der Waals surface area (Å²) in [5.41, 5.74) is 1.07. The fourth-order valence-electron chi connectivity index (χ4n) is 2.28. The van der Waals surface area contributed by atoms with Gasteiger partial charge in [0.05, 0.1) is 0 Å². The van der Waals surface area contributed by atoms with E-state index in [0.717, 1.165) is 29.2 Å². The zero-order valence-electron chi connectivity index (χ0n) is 10.8. The summed E-state index contributed by atoms with van der Waals surface area (Å²) in [6.45, 7) is 7.45. The summed E-state index contributed by atoms with van der Waals surface area (Å²) in [7, 11) is 0. The molecule has 1 aromatic rings. The van der Waals surface area contributed by atoms with Crippen molar-refractivity contribution in [2.24, 2.45) is 0 Å². The van der Waals surface area contributed by atoms with Crippen molar-refractivity contribution in [2.45, 2.75) is 45.6 Å². The first-order chi connectivity index (χ1) is 8.11. The Kier molecular flexibility index (Phi) is 4.02. The third-order valence-electron chi connectivity index (χ3n) is 3.22. The summed E-state index contributed by atoms with van der Waals surface area (Å²) in [5, 5.41) is 1.02. The number of hydrogen-bond donors (Lipinski definition) is 0. The highest BCUT2D eigenvalue weighted by Crippen LogP contribution is 2.26. The summed E-state index contributed by atoms with van der Waals surface area (Å²) in [5.74, 6) is 2.45. The smallest absolute Gasteiger partial charge is 0.133 e. The van der Waals surface area contributed by atoms with E-state index in [2.05, 4.69) is 52.7 Å². The number of nitrogens with zero attached hydrogens (tertiary/aromatic N) is 3. The van der Waals surface area contributed by atoms with Crippen LogP contribution < -0.4 is 4.90 Å². The average molecular weight is 298 g/mol. The highest BCUT2D eigenvalue weighted by atomic mass is 79.9. The second-order valence-electron chi connectivity index (χ2n) is 5.02. The quantitative estimate of drug-likeness (QED) is 0.802. The van der Waals surface area contributed by atoms with Crippen LogP contribution in [0.4, 0.5) is 5.82 Å². The highest BCUT2D eigenvalue weighted by molar-refractivity contribution is 9.09. The van der Waals surface area contributed by atoms with Gasteiger partial charge in [0.2, 0.25) is 0 Å². The molecule has 0 radical (unpaired) electrons. The van der Waals surface area contributed by atoms with Gasteiger partial charge >= 0.3 is 0 Å². The molecule has 17 heavy (non-hydrogen) atoms. The lowest BCUT2D eigenvalue weighted by atomic mass is 10.2. The van der Waals surface area contributed by atoms with Crippen molar-refractivity contribution in [3.05, 3.63) is 17.6 Å². The van der Waals surface area contributed by atoms with Crippen molar-refractivity contribution >= 4 is 21.7 Å². The van der Waals surface area contributed by atoms with Crippen LogP contribution in [0, 0.1) is 6.92 Å². The molecule has 1 aliphatic rings. The number of aromatic nitrogens is 2.